The van der Waals surface area contributed by atoms with E-state index in [2.05, 4.69) is 83.5 Å². The van der Waals surface area contributed by atoms with Crippen molar-refractivity contribution in [2.45, 2.75) is 37.8 Å². The molecule has 1 heterocycles. The van der Waals surface area contributed by atoms with Gasteiger partial charge in [-0.3, -0.25) is 4.79 Å². The lowest BCUT2D eigenvalue weighted by Gasteiger charge is -2.17. The van der Waals surface area contributed by atoms with Gasteiger partial charge in [0.15, 0.2) is 12.0 Å². The van der Waals surface area contributed by atoms with Crippen molar-refractivity contribution in [1.82, 2.24) is 9.55 Å². The molecule has 8 N–H and O–H groups in total. The highest BCUT2D eigenvalue weighted by molar-refractivity contribution is 5.81. The highest BCUT2D eigenvalue weighted by atomic mass is 16.4. The number of nitrogens with zero attached hydrogens (tertiary/aromatic N) is 3. The van der Waals surface area contributed by atoms with Crippen LogP contribution < -0.4 is 17.2 Å². The molecule has 3 aromatic rings. The topological polar surface area (TPSA) is 183 Å². The Kier molecular flexibility index (Phi) is 9.98. The number of carbonyl (C=O) groups is 2. The predicted octanol–water partition coefficient (Wildman–Crippen LogP) is 1.81. The van der Waals surface area contributed by atoms with Crippen molar-refractivity contribution in [2.24, 2.45) is 29.2 Å². The molecule has 10 nitrogen and oxygen atoms in total. The number of hydrogen-bond donors (Lipinski definition) is 5. The first-order chi connectivity index (χ1) is 16.6. The molecule has 2 aromatic carbocycles. The van der Waals surface area contributed by atoms with Gasteiger partial charge >= 0.3 is 11.9 Å². The van der Waals surface area contributed by atoms with E-state index in [4.69, 9.17) is 32.4 Å². The molecule has 1 unspecified atom stereocenters. The molecule has 0 spiro atoms. The summed E-state index contributed by atoms with van der Waals surface area (Å²) in [6.07, 6.45) is 2.04. The van der Waals surface area contributed by atoms with Crippen molar-refractivity contribution in [2.75, 3.05) is 0 Å². The summed E-state index contributed by atoms with van der Waals surface area (Å²) in [5.74, 6) is -1.51. The van der Waals surface area contributed by atoms with Gasteiger partial charge in [0.1, 0.15) is 11.9 Å². The van der Waals surface area contributed by atoms with E-state index in [0.29, 0.717) is 0 Å². The molecule has 0 saturated carbocycles. The van der Waals surface area contributed by atoms with Gasteiger partial charge < -0.3 is 32.0 Å². The monoisotopic (exact) mass is 480 g/mol. The normalized spacial score (nSPS) is 12.2. The molecule has 10 heteroatoms. The summed E-state index contributed by atoms with van der Waals surface area (Å²) in [6.45, 7) is 2.04. The summed E-state index contributed by atoms with van der Waals surface area (Å²) >= 11 is 0. The van der Waals surface area contributed by atoms with Gasteiger partial charge in [-0.1, -0.05) is 60.7 Å². The molecular formula is C25H32N6O4. The van der Waals surface area contributed by atoms with Crippen molar-refractivity contribution in [3.05, 3.63) is 89.5 Å². The predicted molar refractivity (Wildman–Crippen MR) is 134 cm³/mol. The van der Waals surface area contributed by atoms with E-state index in [-0.39, 0.29) is 24.7 Å². The number of aromatic nitrogens is 2. The maximum absolute atomic E-state index is 10.6. The molecule has 0 aliphatic rings. The molecule has 35 heavy (non-hydrogen) atoms. The molecule has 0 aliphatic carbocycles. The van der Waals surface area contributed by atoms with Gasteiger partial charge in [-0.05, 0) is 30.9 Å². The zero-order valence-corrected chi connectivity index (χ0v) is 19.8. The van der Waals surface area contributed by atoms with Crippen LogP contribution in [-0.4, -0.2) is 49.7 Å². The van der Waals surface area contributed by atoms with E-state index in [1.54, 1.807) is 0 Å². The Balaban J connectivity index is 0.000000260. The Morgan fingerprint density at radius 2 is 1.46 bits per heavy atom. The number of aliphatic carboxylic acids is 2. The van der Waals surface area contributed by atoms with Crippen LogP contribution in [-0.2, 0) is 16.6 Å². The summed E-state index contributed by atoms with van der Waals surface area (Å²) in [6, 6.07) is 18.9. The van der Waals surface area contributed by atoms with E-state index >= 15 is 0 Å². The van der Waals surface area contributed by atoms with Crippen molar-refractivity contribution in [1.29, 1.82) is 0 Å². The Labute approximate surface area is 204 Å². The Morgan fingerprint density at radius 3 is 1.83 bits per heavy atom. The first kappa shape index (κ1) is 27.1. The van der Waals surface area contributed by atoms with Gasteiger partial charge in [-0.2, -0.15) is 0 Å². The van der Waals surface area contributed by atoms with Crippen LogP contribution in [0.5, 0.6) is 0 Å². The lowest BCUT2D eigenvalue weighted by Crippen LogP contribution is -2.33. The fourth-order valence-corrected chi connectivity index (χ4v) is 3.57. The minimum absolute atomic E-state index is 0.0108. The molecule has 0 aliphatic heterocycles. The Bertz CT molecular complexity index is 1090. The highest BCUT2D eigenvalue weighted by Crippen LogP contribution is 2.30. The first-order valence-corrected chi connectivity index (χ1v) is 11.0. The fraction of sp³-hybridized carbons (Fsp3) is 0.280. The van der Waals surface area contributed by atoms with Crippen LogP contribution in [0.4, 0.5) is 0 Å². The van der Waals surface area contributed by atoms with E-state index in [0.717, 1.165) is 11.5 Å². The summed E-state index contributed by atoms with van der Waals surface area (Å²) < 4.78 is 2.12. The molecule has 1 aromatic heterocycles. The molecule has 0 bridgehead atoms. The average molecular weight is 481 g/mol. The van der Waals surface area contributed by atoms with Gasteiger partial charge in [0.2, 0.25) is 0 Å². The molecule has 0 radical (unpaired) electrons. The second-order valence-electron chi connectivity index (χ2n) is 8.04. The van der Waals surface area contributed by atoms with E-state index in [1.165, 1.54) is 11.1 Å². The van der Waals surface area contributed by atoms with Crippen molar-refractivity contribution in [3.8, 4) is 0 Å². The third-order valence-corrected chi connectivity index (χ3v) is 5.22. The Hall–Kier alpha value is -4.18. The van der Waals surface area contributed by atoms with Crippen molar-refractivity contribution < 1.29 is 19.8 Å². The lowest BCUT2D eigenvalue weighted by molar-refractivity contribution is -0.141. The summed E-state index contributed by atoms with van der Waals surface area (Å²) in [5, 5.41) is 17.1. The molecule has 0 amide bonds. The van der Waals surface area contributed by atoms with Gasteiger partial charge in [-0.25, -0.2) is 14.8 Å². The molecule has 0 saturated heterocycles. The van der Waals surface area contributed by atoms with E-state index < -0.39 is 24.0 Å². The maximum Gasteiger partial charge on any atom is 0.328 e. The molecular weight excluding hydrogens is 448 g/mol. The van der Waals surface area contributed by atoms with Crippen LogP contribution in [0.1, 0.15) is 41.4 Å². The van der Waals surface area contributed by atoms with Gasteiger partial charge in [0, 0.05) is 13.2 Å². The van der Waals surface area contributed by atoms with Crippen LogP contribution in [0.25, 0.3) is 0 Å². The third-order valence-electron chi connectivity index (χ3n) is 5.22. The molecule has 2 atom stereocenters. The van der Waals surface area contributed by atoms with Crippen LogP contribution in [0.15, 0.2) is 71.9 Å². The number of carboxylic acids is 2. The van der Waals surface area contributed by atoms with Crippen LogP contribution in [0.3, 0.4) is 0 Å². The number of guanidine groups is 1. The second kappa shape index (κ2) is 12.9. The zero-order chi connectivity index (χ0) is 26.0. The maximum atomic E-state index is 10.6. The molecule has 186 valence electrons. The van der Waals surface area contributed by atoms with Crippen molar-refractivity contribution in [3.63, 3.8) is 0 Å². The smallest absolute Gasteiger partial charge is 0.328 e. The van der Waals surface area contributed by atoms with E-state index in [1.807, 2.05) is 6.92 Å². The number of aryl methyl sites for hydroxylation is 2. The lowest BCUT2D eigenvalue weighted by atomic mass is 9.90. The number of hydrogen-bond acceptors (Lipinski definition) is 5. The Morgan fingerprint density at radius 1 is 0.943 bits per heavy atom. The van der Waals surface area contributed by atoms with Crippen LogP contribution in [0.2, 0.25) is 0 Å². The number of aliphatic imine (C=N–C) groups is 1. The minimum atomic E-state index is -1.22. The van der Waals surface area contributed by atoms with Crippen LogP contribution in [0, 0.1) is 6.92 Å². The standard InChI is InChI=1S/C18H18N2.C7H14N4O4/c1-14-13-20(2)18(19-14)17(15-9-5-3-6-10-15)16-11-7-4-8-12-16;8-3(5(12)13)1-2-4(6(14)15)11-7(9)10/h3-13,17H,1-2H3;3-4H,1-2,8H2,(H,12,13)(H,14,15)(H4,9,10,11)/t;3-,4?/m.0/s1. The van der Waals surface area contributed by atoms with Gasteiger partial charge in [-0.15, -0.1) is 0 Å². The van der Waals surface area contributed by atoms with Gasteiger partial charge in [0.25, 0.3) is 0 Å². The number of carboxylic acid groups (broad SMARTS) is 2. The number of nitrogens with two attached hydrogens (primary N) is 3. The number of benzene rings is 2. The van der Waals surface area contributed by atoms with Gasteiger partial charge in [0.05, 0.1) is 11.6 Å². The number of imidazole rings is 1. The second-order valence-corrected chi connectivity index (χ2v) is 8.04. The molecule has 0 fully saturated rings. The highest BCUT2D eigenvalue weighted by Gasteiger charge is 2.21. The van der Waals surface area contributed by atoms with Crippen molar-refractivity contribution >= 4 is 17.9 Å². The minimum Gasteiger partial charge on any atom is -0.480 e. The summed E-state index contributed by atoms with van der Waals surface area (Å²) in [7, 11) is 2.06. The number of rotatable bonds is 9. The fourth-order valence-electron chi connectivity index (χ4n) is 3.57. The summed E-state index contributed by atoms with van der Waals surface area (Å²) in [4.78, 5) is 29.1. The van der Waals surface area contributed by atoms with Crippen LogP contribution >= 0.6 is 0 Å². The largest absolute Gasteiger partial charge is 0.480 e. The SMILES string of the molecule is Cc1cn(C)c(C(c2ccccc2)c2ccccc2)n1.NC(N)=NC(CC[C@H](N)C(=O)O)C(=O)O. The summed E-state index contributed by atoms with van der Waals surface area (Å²) in [5.41, 5.74) is 18.8. The van der Waals surface area contributed by atoms with E-state index in [9.17, 15) is 9.59 Å². The quantitative estimate of drug-likeness (QED) is 0.227. The average Bonchev–Trinajstić information content (AvgIpc) is 3.15. The first-order valence-electron chi connectivity index (χ1n) is 11.0. The third kappa shape index (κ3) is 8.27. The molecule has 3 rings (SSSR count). The zero-order valence-electron chi connectivity index (χ0n) is 19.8.